The molecule has 0 heterocycles. The molecule has 2 nitrogen and oxygen atoms in total. The molecule has 0 aliphatic carbocycles. The number of hydrogen-bond acceptors (Lipinski definition) is 2. The monoisotopic (exact) mass is 303 g/mol. The van der Waals surface area contributed by atoms with Gasteiger partial charge in [0.1, 0.15) is 0 Å². The highest BCUT2D eigenvalue weighted by Gasteiger charge is 2.05. The predicted octanol–water partition coefficient (Wildman–Crippen LogP) is 4.05. The van der Waals surface area contributed by atoms with E-state index in [0.717, 1.165) is 21.3 Å². The van der Waals surface area contributed by atoms with E-state index in [9.17, 15) is 4.79 Å². The predicted molar refractivity (Wildman–Crippen MR) is 78.1 cm³/mol. The average molecular weight is 304 g/mol. The molecule has 0 bridgehead atoms. The Morgan fingerprint density at radius 3 is 2.56 bits per heavy atom. The highest BCUT2D eigenvalue weighted by atomic mass is 79.9. The number of halogens is 1. The van der Waals surface area contributed by atoms with Gasteiger partial charge in [-0.15, -0.1) is 0 Å². The van der Waals surface area contributed by atoms with Gasteiger partial charge in [0.05, 0.1) is 6.54 Å². The molecule has 0 saturated carbocycles. The zero-order valence-electron chi connectivity index (χ0n) is 10.1. The quantitative estimate of drug-likeness (QED) is 0.863. The molecule has 0 saturated heterocycles. The Hall–Kier alpha value is -1.61. The van der Waals surface area contributed by atoms with Gasteiger partial charge < -0.3 is 5.32 Å². The van der Waals surface area contributed by atoms with Crippen molar-refractivity contribution in [3.05, 3.63) is 64.1 Å². The van der Waals surface area contributed by atoms with Crippen LogP contribution in [0, 0.1) is 6.92 Å². The molecule has 0 amide bonds. The van der Waals surface area contributed by atoms with Gasteiger partial charge in [0, 0.05) is 15.7 Å². The highest BCUT2D eigenvalue weighted by Crippen LogP contribution is 2.14. The molecule has 18 heavy (non-hydrogen) atoms. The van der Waals surface area contributed by atoms with Gasteiger partial charge in [-0.25, -0.2) is 0 Å². The maximum absolute atomic E-state index is 12.0. The Morgan fingerprint density at radius 2 is 1.89 bits per heavy atom. The third-order valence-electron chi connectivity index (χ3n) is 2.64. The number of Topliss-reactive ketones (excluding diaryl/α,β-unsaturated/α-hetero) is 1. The maximum Gasteiger partial charge on any atom is 0.181 e. The van der Waals surface area contributed by atoms with E-state index in [1.807, 2.05) is 55.5 Å². The number of rotatable bonds is 4. The van der Waals surface area contributed by atoms with Gasteiger partial charge >= 0.3 is 0 Å². The minimum atomic E-state index is 0.0987. The summed E-state index contributed by atoms with van der Waals surface area (Å²) in [6, 6.07) is 15.4. The van der Waals surface area contributed by atoms with Gasteiger partial charge in [0.2, 0.25) is 0 Å². The van der Waals surface area contributed by atoms with Crippen molar-refractivity contribution in [1.29, 1.82) is 0 Å². The number of benzene rings is 2. The van der Waals surface area contributed by atoms with E-state index >= 15 is 0 Å². The van der Waals surface area contributed by atoms with Crippen molar-refractivity contribution >= 4 is 27.4 Å². The minimum Gasteiger partial charge on any atom is -0.378 e. The Labute approximate surface area is 115 Å². The van der Waals surface area contributed by atoms with Crippen LogP contribution in [0.15, 0.2) is 53.0 Å². The van der Waals surface area contributed by atoms with Crippen LogP contribution in [0.2, 0.25) is 0 Å². The Morgan fingerprint density at radius 1 is 1.17 bits per heavy atom. The lowest BCUT2D eigenvalue weighted by Gasteiger charge is -2.06. The zero-order chi connectivity index (χ0) is 13.0. The van der Waals surface area contributed by atoms with Crippen LogP contribution in [-0.4, -0.2) is 12.3 Å². The standard InChI is InChI=1S/C15H14BrNO/c1-11-3-2-4-12(9-11)15(18)10-17-14-7-5-13(16)6-8-14/h2-9,17H,10H2,1H3. The Kier molecular flexibility index (Phi) is 4.15. The first-order valence-corrected chi connectivity index (χ1v) is 6.54. The topological polar surface area (TPSA) is 29.1 Å². The molecular formula is C15H14BrNO. The van der Waals surface area contributed by atoms with E-state index in [1.165, 1.54) is 0 Å². The van der Waals surface area contributed by atoms with E-state index < -0.39 is 0 Å². The molecule has 2 rings (SSSR count). The number of carbonyl (C=O) groups is 1. The van der Waals surface area contributed by atoms with E-state index in [-0.39, 0.29) is 5.78 Å². The normalized spacial score (nSPS) is 10.1. The van der Waals surface area contributed by atoms with Crippen LogP contribution in [0.4, 0.5) is 5.69 Å². The summed E-state index contributed by atoms with van der Waals surface area (Å²) in [5.74, 6) is 0.0987. The number of carbonyl (C=O) groups excluding carboxylic acids is 1. The minimum absolute atomic E-state index is 0.0987. The summed E-state index contributed by atoms with van der Waals surface area (Å²) in [5.41, 5.74) is 2.79. The molecule has 2 aromatic carbocycles. The molecule has 0 aromatic heterocycles. The Balaban J connectivity index is 1.98. The summed E-state index contributed by atoms with van der Waals surface area (Å²) in [4.78, 5) is 12.0. The maximum atomic E-state index is 12.0. The van der Waals surface area contributed by atoms with Crippen LogP contribution >= 0.6 is 15.9 Å². The van der Waals surface area contributed by atoms with Crippen molar-refractivity contribution in [3.8, 4) is 0 Å². The first kappa shape index (κ1) is 12.8. The fourth-order valence-electron chi connectivity index (χ4n) is 1.67. The first-order chi connectivity index (χ1) is 8.65. The molecule has 0 atom stereocenters. The first-order valence-electron chi connectivity index (χ1n) is 5.74. The molecule has 0 unspecified atom stereocenters. The van der Waals surface area contributed by atoms with E-state index in [1.54, 1.807) is 0 Å². The van der Waals surface area contributed by atoms with Crippen molar-refractivity contribution in [1.82, 2.24) is 0 Å². The summed E-state index contributed by atoms with van der Waals surface area (Å²) in [6.07, 6.45) is 0. The van der Waals surface area contributed by atoms with E-state index in [4.69, 9.17) is 0 Å². The second-order valence-electron chi connectivity index (χ2n) is 4.15. The molecule has 92 valence electrons. The van der Waals surface area contributed by atoms with E-state index in [2.05, 4.69) is 21.2 Å². The number of ketones is 1. The zero-order valence-corrected chi connectivity index (χ0v) is 11.7. The van der Waals surface area contributed by atoms with Crippen molar-refractivity contribution in [2.75, 3.05) is 11.9 Å². The summed E-state index contributed by atoms with van der Waals surface area (Å²) in [7, 11) is 0. The average Bonchev–Trinajstić information content (AvgIpc) is 2.38. The molecule has 0 spiro atoms. The molecule has 0 fully saturated rings. The lowest BCUT2D eigenvalue weighted by atomic mass is 10.1. The smallest absolute Gasteiger partial charge is 0.181 e. The van der Waals surface area contributed by atoms with Gasteiger partial charge in [-0.1, -0.05) is 39.7 Å². The van der Waals surface area contributed by atoms with Crippen LogP contribution in [0.25, 0.3) is 0 Å². The third-order valence-corrected chi connectivity index (χ3v) is 3.17. The number of hydrogen-bond donors (Lipinski definition) is 1. The SMILES string of the molecule is Cc1cccc(C(=O)CNc2ccc(Br)cc2)c1. The van der Waals surface area contributed by atoms with Crippen molar-refractivity contribution in [3.63, 3.8) is 0 Å². The van der Waals surface area contributed by atoms with E-state index in [0.29, 0.717) is 6.54 Å². The molecule has 0 radical (unpaired) electrons. The van der Waals surface area contributed by atoms with Crippen LogP contribution in [0.1, 0.15) is 15.9 Å². The summed E-state index contributed by atoms with van der Waals surface area (Å²) < 4.78 is 1.03. The number of nitrogens with one attached hydrogen (secondary N) is 1. The summed E-state index contributed by atoms with van der Waals surface area (Å²) >= 11 is 3.38. The summed E-state index contributed by atoms with van der Waals surface area (Å²) in [6.45, 7) is 2.30. The van der Waals surface area contributed by atoms with Crippen LogP contribution in [-0.2, 0) is 0 Å². The van der Waals surface area contributed by atoms with Crippen LogP contribution in [0.5, 0.6) is 0 Å². The second kappa shape index (κ2) is 5.83. The van der Waals surface area contributed by atoms with Crippen LogP contribution in [0.3, 0.4) is 0 Å². The molecular weight excluding hydrogens is 290 g/mol. The van der Waals surface area contributed by atoms with Crippen molar-refractivity contribution < 1.29 is 4.79 Å². The fraction of sp³-hybridized carbons (Fsp3) is 0.133. The molecule has 1 N–H and O–H groups in total. The van der Waals surface area contributed by atoms with Crippen molar-refractivity contribution in [2.45, 2.75) is 6.92 Å². The van der Waals surface area contributed by atoms with Gasteiger partial charge in [-0.2, -0.15) is 0 Å². The number of aryl methyl sites for hydroxylation is 1. The highest BCUT2D eigenvalue weighted by molar-refractivity contribution is 9.10. The van der Waals surface area contributed by atoms with Gasteiger partial charge in [-0.3, -0.25) is 4.79 Å². The van der Waals surface area contributed by atoms with Crippen LogP contribution < -0.4 is 5.32 Å². The van der Waals surface area contributed by atoms with Crippen molar-refractivity contribution in [2.24, 2.45) is 0 Å². The Bertz CT molecular complexity index is 549. The molecule has 0 aliphatic heterocycles. The lowest BCUT2D eigenvalue weighted by Crippen LogP contribution is -2.13. The van der Waals surface area contributed by atoms with Gasteiger partial charge in [0.25, 0.3) is 0 Å². The van der Waals surface area contributed by atoms with Gasteiger partial charge in [-0.05, 0) is 37.3 Å². The molecule has 3 heteroatoms. The lowest BCUT2D eigenvalue weighted by molar-refractivity contribution is 0.101. The van der Waals surface area contributed by atoms with Gasteiger partial charge in [0.15, 0.2) is 5.78 Å². The number of anilines is 1. The third kappa shape index (κ3) is 3.44. The largest absolute Gasteiger partial charge is 0.378 e. The molecule has 2 aromatic rings. The molecule has 0 aliphatic rings. The fourth-order valence-corrected chi connectivity index (χ4v) is 1.93. The second-order valence-corrected chi connectivity index (χ2v) is 5.07. The summed E-state index contributed by atoms with van der Waals surface area (Å²) in [5, 5.41) is 3.12.